The largest absolute Gasteiger partial charge is 0.508 e. The predicted molar refractivity (Wildman–Crippen MR) is 95.4 cm³/mol. The van der Waals surface area contributed by atoms with E-state index in [1.807, 2.05) is 12.1 Å². The van der Waals surface area contributed by atoms with Crippen LogP contribution in [0.5, 0.6) is 5.75 Å². The number of phenolic OH excluding ortho intramolecular Hbond substituents is 1. The van der Waals surface area contributed by atoms with Gasteiger partial charge < -0.3 is 15.5 Å². The average molecular weight is 359 g/mol. The highest BCUT2D eigenvalue weighted by atomic mass is 32.1. The van der Waals surface area contributed by atoms with E-state index in [0.29, 0.717) is 17.0 Å². The minimum Gasteiger partial charge on any atom is -0.508 e. The van der Waals surface area contributed by atoms with Gasteiger partial charge in [0, 0.05) is 12.2 Å². The summed E-state index contributed by atoms with van der Waals surface area (Å²) in [5.74, 6) is -0.512. The van der Waals surface area contributed by atoms with Crippen LogP contribution >= 0.6 is 12.6 Å². The molecule has 0 aliphatic heterocycles. The minimum absolute atomic E-state index is 0.0630. The molecular weight excluding hydrogens is 342 g/mol. The van der Waals surface area contributed by atoms with E-state index in [4.69, 9.17) is 0 Å². The number of aliphatic carboxylic acids is 1. The second-order valence-corrected chi connectivity index (χ2v) is 5.55. The molecule has 0 fully saturated rings. The van der Waals surface area contributed by atoms with E-state index in [1.165, 1.54) is 12.1 Å². The quantitative estimate of drug-likeness (QED) is 0.468. The third kappa shape index (κ3) is 5.92. The van der Waals surface area contributed by atoms with Crippen molar-refractivity contribution in [2.75, 3.05) is 0 Å². The SMILES string of the molecule is O=C(N=Nc1ccc(CS)cc1)NC(Cc1ccc(O)cc1)C(=O)O. The lowest BCUT2D eigenvalue weighted by Crippen LogP contribution is -2.40. The molecule has 1 atom stereocenters. The molecule has 8 heteroatoms. The standard InChI is InChI=1S/C17H17N3O4S/c21-14-7-3-11(4-8-14)9-15(16(22)23)18-17(24)20-19-13-5-1-12(10-25)2-6-13/h1-8,15,21,25H,9-10H2,(H,18,24)(H,22,23). The van der Waals surface area contributed by atoms with Crippen molar-refractivity contribution in [1.82, 2.24) is 5.32 Å². The van der Waals surface area contributed by atoms with Crippen LogP contribution in [0.4, 0.5) is 10.5 Å². The number of rotatable bonds is 6. The molecule has 0 saturated heterocycles. The molecule has 0 aliphatic rings. The summed E-state index contributed by atoms with van der Waals surface area (Å²) in [6.07, 6.45) is 0.0630. The minimum atomic E-state index is -1.19. The van der Waals surface area contributed by atoms with Gasteiger partial charge in [-0.3, -0.25) is 0 Å². The van der Waals surface area contributed by atoms with Gasteiger partial charge in [-0.2, -0.15) is 12.6 Å². The maximum atomic E-state index is 11.8. The summed E-state index contributed by atoms with van der Waals surface area (Å²) in [4.78, 5) is 23.1. The highest BCUT2D eigenvalue weighted by Gasteiger charge is 2.20. The fraction of sp³-hybridized carbons (Fsp3) is 0.176. The summed E-state index contributed by atoms with van der Waals surface area (Å²) < 4.78 is 0. The van der Waals surface area contributed by atoms with Crippen LogP contribution in [0, 0.1) is 0 Å². The number of carboxylic acid groups (broad SMARTS) is 1. The molecule has 130 valence electrons. The van der Waals surface area contributed by atoms with E-state index < -0.39 is 18.0 Å². The number of aromatic hydroxyl groups is 1. The summed E-state index contributed by atoms with van der Waals surface area (Å²) in [6.45, 7) is 0. The molecule has 1 unspecified atom stereocenters. The monoisotopic (exact) mass is 359 g/mol. The van der Waals surface area contributed by atoms with Crippen LogP contribution in [-0.2, 0) is 17.0 Å². The van der Waals surface area contributed by atoms with Crippen LogP contribution in [-0.4, -0.2) is 28.3 Å². The number of azo groups is 1. The van der Waals surface area contributed by atoms with Gasteiger partial charge in [0.15, 0.2) is 0 Å². The lowest BCUT2D eigenvalue weighted by atomic mass is 10.1. The number of amides is 2. The first-order chi connectivity index (χ1) is 12.0. The molecule has 7 nitrogen and oxygen atoms in total. The molecule has 2 rings (SSSR count). The van der Waals surface area contributed by atoms with Gasteiger partial charge in [-0.05, 0) is 35.4 Å². The average Bonchev–Trinajstić information content (AvgIpc) is 2.61. The maximum Gasteiger partial charge on any atom is 0.360 e. The Kier molecular flexibility index (Phi) is 6.53. The molecule has 0 spiro atoms. The van der Waals surface area contributed by atoms with Gasteiger partial charge in [0.1, 0.15) is 11.8 Å². The van der Waals surface area contributed by atoms with Gasteiger partial charge >= 0.3 is 12.0 Å². The number of carbonyl (C=O) groups is 2. The van der Waals surface area contributed by atoms with Crippen molar-refractivity contribution < 1.29 is 19.8 Å². The number of hydrogen-bond acceptors (Lipinski definition) is 5. The first-order valence-electron chi connectivity index (χ1n) is 7.40. The lowest BCUT2D eigenvalue weighted by molar-refractivity contribution is -0.139. The first-order valence-corrected chi connectivity index (χ1v) is 8.04. The molecule has 2 amide bonds. The number of urea groups is 1. The summed E-state index contributed by atoms with van der Waals surface area (Å²) in [5, 5.41) is 28.0. The van der Waals surface area contributed by atoms with Crippen molar-refractivity contribution in [3.05, 3.63) is 59.7 Å². The van der Waals surface area contributed by atoms with Gasteiger partial charge in [0.25, 0.3) is 0 Å². The van der Waals surface area contributed by atoms with Crippen LogP contribution < -0.4 is 5.32 Å². The Morgan fingerprint density at radius 1 is 1.04 bits per heavy atom. The van der Waals surface area contributed by atoms with Crippen molar-refractivity contribution in [2.24, 2.45) is 10.2 Å². The first kappa shape index (κ1) is 18.5. The smallest absolute Gasteiger partial charge is 0.360 e. The van der Waals surface area contributed by atoms with Crippen LogP contribution in [0.1, 0.15) is 11.1 Å². The molecule has 2 aromatic rings. The number of hydrogen-bond donors (Lipinski definition) is 4. The Morgan fingerprint density at radius 3 is 2.20 bits per heavy atom. The van der Waals surface area contributed by atoms with Crippen molar-refractivity contribution in [2.45, 2.75) is 18.2 Å². The number of nitrogens with zero attached hydrogens (tertiary/aromatic N) is 2. The van der Waals surface area contributed by atoms with Gasteiger partial charge in [-0.25, -0.2) is 9.59 Å². The Bertz CT molecular complexity index is 760. The Hall–Kier alpha value is -2.87. The summed E-state index contributed by atoms with van der Waals surface area (Å²) >= 11 is 4.14. The third-order valence-electron chi connectivity index (χ3n) is 3.35. The molecular formula is C17H17N3O4S. The van der Waals surface area contributed by atoms with Gasteiger partial charge in [-0.15, -0.1) is 5.11 Å². The maximum absolute atomic E-state index is 11.8. The second kappa shape index (κ2) is 8.84. The van der Waals surface area contributed by atoms with E-state index in [9.17, 15) is 19.8 Å². The van der Waals surface area contributed by atoms with E-state index in [-0.39, 0.29) is 12.2 Å². The second-order valence-electron chi connectivity index (χ2n) is 5.24. The molecule has 25 heavy (non-hydrogen) atoms. The summed E-state index contributed by atoms with van der Waals surface area (Å²) in [5.41, 5.74) is 2.14. The zero-order valence-corrected chi connectivity index (χ0v) is 14.1. The predicted octanol–water partition coefficient (Wildman–Crippen LogP) is 3.31. The fourth-order valence-corrected chi connectivity index (χ4v) is 2.23. The van der Waals surface area contributed by atoms with Gasteiger partial charge in [0.05, 0.1) is 5.69 Å². The highest BCUT2D eigenvalue weighted by Crippen LogP contribution is 2.15. The van der Waals surface area contributed by atoms with E-state index >= 15 is 0 Å². The van der Waals surface area contributed by atoms with Crippen LogP contribution in [0.15, 0.2) is 58.8 Å². The van der Waals surface area contributed by atoms with E-state index in [2.05, 4.69) is 28.2 Å². The number of nitrogens with one attached hydrogen (secondary N) is 1. The van der Waals surface area contributed by atoms with Crippen LogP contribution in [0.2, 0.25) is 0 Å². The normalized spacial score (nSPS) is 12.0. The number of phenols is 1. The molecule has 3 N–H and O–H groups in total. The number of carboxylic acids is 1. The van der Waals surface area contributed by atoms with Crippen LogP contribution in [0.3, 0.4) is 0 Å². The molecule has 0 radical (unpaired) electrons. The zero-order valence-electron chi connectivity index (χ0n) is 13.2. The molecule has 0 aliphatic carbocycles. The van der Waals surface area contributed by atoms with Crippen molar-refractivity contribution in [3.8, 4) is 5.75 Å². The zero-order chi connectivity index (χ0) is 18.2. The fourth-order valence-electron chi connectivity index (χ4n) is 2.02. The van der Waals surface area contributed by atoms with Crippen molar-refractivity contribution in [3.63, 3.8) is 0 Å². The van der Waals surface area contributed by atoms with E-state index in [0.717, 1.165) is 5.56 Å². The Balaban J connectivity index is 1.98. The lowest BCUT2D eigenvalue weighted by Gasteiger charge is -2.12. The molecule has 0 aromatic heterocycles. The molecule has 0 saturated carbocycles. The molecule has 2 aromatic carbocycles. The molecule has 0 bridgehead atoms. The number of carbonyl (C=O) groups excluding carboxylic acids is 1. The number of benzene rings is 2. The summed E-state index contributed by atoms with van der Waals surface area (Å²) in [7, 11) is 0. The van der Waals surface area contributed by atoms with Crippen molar-refractivity contribution in [1.29, 1.82) is 0 Å². The molecule has 0 heterocycles. The van der Waals surface area contributed by atoms with Gasteiger partial charge in [-0.1, -0.05) is 29.4 Å². The number of thiol groups is 1. The Labute approximate surface area is 149 Å². The summed E-state index contributed by atoms with van der Waals surface area (Å²) in [6, 6.07) is 11.1. The highest BCUT2D eigenvalue weighted by molar-refractivity contribution is 7.79. The third-order valence-corrected chi connectivity index (χ3v) is 3.71. The van der Waals surface area contributed by atoms with Crippen molar-refractivity contribution >= 4 is 30.3 Å². The van der Waals surface area contributed by atoms with Crippen LogP contribution in [0.25, 0.3) is 0 Å². The van der Waals surface area contributed by atoms with E-state index in [1.54, 1.807) is 24.3 Å². The topological polar surface area (TPSA) is 111 Å². The Morgan fingerprint density at radius 2 is 1.64 bits per heavy atom. The van der Waals surface area contributed by atoms with Gasteiger partial charge in [0.2, 0.25) is 0 Å².